The number of aryl methyl sites for hydroxylation is 1. The van der Waals surface area contributed by atoms with Gasteiger partial charge in [0.15, 0.2) is 0 Å². The number of aliphatic hydroxyl groups is 1. The lowest BCUT2D eigenvalue weighted by Gasteiger charge is -2.52. The van der Waals surface area contributed by atoms with E-state index in [1.54, 1.807) is 11.3 Å². The van der Waals surface area contributed by atoms with E-state index in [2.05, 4.69) is 31.0 Å². The van der Waals surface area contributed by atoms with Crippen LogP contribution in [0.2, 0.25) is 0 Å². The van der Waals surface area contributed by atoms with Gasteiger partial charge in [0.2, 0.25) is 0 Å². The molecule has 182 valence electrons. The molecule has 3 rings (SSSR count). The Kier molecular flexibility index (Phi) is 8.00. The molecule has 0 spiro atoms. The predicted octanol–water partition coefficient (Wildman–Crippen LogP) is 5.91. The first kappa shape index (κ1) is 25.8. The van der Waals surface area contributed by atoms with Crippen molar-refractivity contribution in [3.63, 3.8) is 0 Å². The number of aliphatic hydroxyl groups excluding tert-OH is 1. The van der Waals surface area contributed by atoms with E-state index >= 15 is 0 Å². The van der Waals surface area contributed by atoms with E-state index in [0.29, 0.717) is 12.8 Å². The first-order valence-electron chi connectivity index (χ1n) is 12.1. The Bertz CT molecular complexity index is 934. The maximum atomic E-state index is 13.3. The topological polar surface area (TPSA) is 76.5 Å². The Morgan fingerprint density at radius 1 is 1.27 bits per heavy atom. The molecule has 2 aliphatic rings. The second-order valence-corrected chi connectivity index (χ2v) is 11.7. The van der Waals surface area contributed by atoms with Gasteiger partial charge in [0, 0.05) is 17.7 Å². The molecule has 0 amide bonds. The lowest BCUT2D eigenvalue weighted by atomic mass is 9.52. The third-order valence-corrected chi connectivity index (χ3v) is 8.91. The van der Waals surface area contributed by atoms with Gasteiger partial charge in [-0.2, -0.15) is 0 Å². The molecule has 0 saturated heterocycles. The molecular weight excluding hydrogens is 434 g/mol. The van der Waals surface area contributed by atoms with E-state index in [0.717, 1.165) is 35.5 Å². The number of fused-ring (bicyclic) bond motifs is 2. The summed E-state index contributed by atoms with van der Waals surface area (Å²) in [7, 11) is 0. The number of hydrogen-bond donors (Lipinski definition) is 1. The summed E-state index contributed by atoms with van der Waals surface area (Å²) in [6.45, 7) is 12.1. The van der Waals surface area contributed by atoms with Crippen molar-refractivity contribution in [3.05, 3.63) is 33.8 Å². The molecule has 2 heterocycles. The lowest BCUT2D eigenvalue weighted by molar-refractivity contribution is -0.162. The predicted molar refractivity (Wildman–Crippen MR) is 133 cm³/mol. The Labute approximate surface area is 202 Å². The van der Waals surface area contributed by atoms with E-state index in [1.807, 2.05) is 39.2 Å². The summed E-state index contributed by atoms with van der Waals surface area (Å²) in [6.07, 6.45) is 8.69. The highest BCUT2D eigenvalue weighted by atomic mass is 32.1. The van der Waals surface area contributed by atoms with Crippen molar-refractivity contribution >= 4 is 29.2 Å². The van der Waals surface area contributed by atoms with Gasteiger partial charge in [-0.05, 0) is 62.5 Å². The van der Waals surface area contributed by atoms with Crippen LogP contribution in [-0.4, -0.2) is 34.1 Å². The van der Waals surface area contributed by atoms with Gasteiger partial charge in [-0.3, -0.25) is 9.59 Å². The molecule has 1 aliphatic heterocycles. The highest BCUT2D eigenvalue weighted by Crippen LogP contribution is 2.54. The fraction of sp³-hybridized carbons (Fsp3) is 0.667. The van der Waals surface area contributed by atoms with Crippen molar-refractivity contribution in [2.24, 2.45) is 22.7 Å². The zero-order valence-corrected chi connectivity index (χ0v) is 21.7. The van der Waals surface area contributed by atoms with E-state index in [9.17, 15) is 14.7 Å². The number of Topliss-reactive ketones (excluding diaryl/α,β-unsaturated/α-hetero) is 1. The van der Waals surface area contributed by atoms with Gasteiger partial charge in [0.05, 0.1) is 28.6 Å². The average Bonchev–Trinajstić information content (AvgIpc) is 3.16. The Morgan fingerprint density at radius 3 is 2.67 bits per heavy atom. The minimum absolute atomic E-state index is 0.0571. The normalized spacial score (nSPS) is 37.8. The van der Waals surface area contributed by atoms with Crippen LogP contribution in [0.5, 0.6) is 0 Å². The first-order chi connectivity index (χ1) is 15.5. The molecule has 5 nitrogen and oxygen atoms in total. The third kappa shape index (κ3) is 5.65. The number of nitrogens with zero attached hydrogens (tertiary/aromatic N) is 1. The third-order valence-electron chi connectivity index (χ3n) is 8.12. The van der Waals surface area contributed by atoms with Gasteiger partial charge in [-0.15, -0.1) is 11.3 Å². The Balaban J connectivity index is 1.87. The van der Waals surface area contributed by atoms with Crippen molar-refractivity contribution in [3.8, 4) is 0 Å². The number of cyclic esters (lactones) is 1. The standard InChI is InChI=1S/C27H39NO4S/c1-17(13-21-15-33-20(4)28-21)22-11-9-7-8-10-12-26(5)16-27(6,23(29)14-24(30)32-22)25(31)18(2)19(26)3/h7,9,13,15,18-19,22-23,29H,8,10-12,14,16H2,1-6H3/b9-7-,17-13+/t18-,19-,22?,23+,26+,27+/m1/s1. The molecule has 1 saturated carbocycles. The number of carbonyl (C=O) groups is 2. The number of allylic oxidation sites excluding steroid dienone is 1. The summed E-state index contributed by atoms with van der Waals surface area (Å²) >= 11 is 1.58. The second-order valence-electron chi connectivity index (χ2n) is 10.7. The fourth-order valence-electron chi connectivity index (χ4n) is 5.69. The van der Waals surface area contributed by atoms with Gasteiger partial charge in [-0.25, -0.2) is 4.98 Å². The van der Waals surface area contributed by atoms with Crippen molar-refractivity contribution < 1.29 is 19.4 Å². The molecule has 1 aromatic rings. The summed E-state index contributed by atoms with van der Waals surface area (Å²) in [5.74, 6) is -0.323. The zero-order valence-electron chi connectivity index (χ0n) is 20.9. The Morgan fingerprint density at radius 2 is 2.00 bits per heavy atom. The average molecular weight is 474 g/mol. The van der Waals surface area contributed by atoms with E-state index in [4.69, 9.17) is 4.74 Å². The molecule has 1 fully saturated rings. The van der Waals surface area contributed by atoms with Crippen LogP contribution in [0.1, 0.15) is 83.8 Å². The highest BCUT2D eigenvalue weighted by molar-refractivity contribution is 7.09. The quantitative estimate of drug-likeness (QED) is 0.427. The van der Waals surface area contributed by atoms with Gasteiger partial charge in [-0.1, -0.05) is 39.8 Å². The van der Waals surface area contributed by atoms with Crippen LogP contribution >= 0.6 is 11.3 Å². The van der Waals surface area contributed by atoms with Crippen LogP contribution in [0.3, 0.4) is 0 Å². The number of ketones is 1. The zero-order chi connectivity index (χ0) is 24.4. The van der Waals surface area contributed by atoms with Gasteiger partial charge < -0.3 is 9.84 Å². The maximum absolute atomic E-state index is 13.3. The monoisotopic (exact) mass is 473 g/mol. The largest absolute Gasteiger partial charge is 0.457 e. The minimum Gasteiger partial charge on any atom is -0.457 e. The first-order valence-corrected chi connectivity index (χ1v) is 13.0. The van der Waals surface area contributed by atoms with E-state index < -0.39 is 23.6 Å². The number of carbonyl (C=O) groups excluding carboxylic acids is 2. The number of ether oxygens (including phenoxy) is 1. The van der Waals surface area contributed by atoms with E-state index in [-0.39, 0.29) is 29.5 Å². The van der Waals surface area contributed by atoms with Crippen LogP contribution in [-0.2, 0) is 14.3 Å². The summed E-state index contributed by atoms with van der Waals surface area (Å²) < 4.78 is 5.84. The van der Waals surface area contributed by atoms with Gasteiger partial charge in [0.1, 0.15) is 11.9 Å². The highest BCUT2D eigenvalue weighted by Gasteiger charge is 2.55. The molecule has 1 aromatic heterocycles. The maximum Gasteiger partial charge on any atom is 0.309 e. The molecule has 0 aromatic carbocycles. The molecular formula is C27H39NO4S. The summed E-state index contributed by atoms with van der Waals surface area (Å²) in [5, 5.41) is 14.1. The van der Waals surface area contributed by atoms with Gasteiger partial charge in [0.25, 0.3) is 0 Å². The van der Waals surface area contributed by atoms with E-state index in [1.165, 1.54) is 0 Å². The number of aromatic nitrogens is 1. The lowest BCUT2D eigenvalue weighted by Crippen LogP contribution is -2.55. The van der Waals surface area contributed by atoms with Crippen molar-refractivity contribution in [1.82, 2.24) is 4.98 Å². The number of rotatable bonds is 2. The van der Waals surface area contributed by atoms with Crippen LogP contribution in [0.4, 0.5) is 0 Å². The van der Waals surface area contributed by atoms with Crippen LogP contribution in [0.25, 0.3) is 6.08 Å². The second kappa shape index (κ2) is 10.2. The van der Waals surface area contributed by atoms with Crippen LogP contribution in [0.15, 0.2) is 23.1 Å². The fourth-order valence-corrected chi connectivity index (χ4v) is 6.26. The van der Waals surface area contributed by atoms with Crippen LogP contribution < -0.4 is 0 Å². The van der Waals surface area contributed by atoms with Crippen molar-refractivity contribution in [2.75, 3.05) is 0 Å². The number of thiazole rings is 1. The van der Waals surface area contributed by atoms with Crippen LogP contribution in [0, 0.1) is 29.6 Å². The minimum atomic E-state index is -1.06. The number of esters is 1. The SMILES string of the molecule is C/C(=C\c1csc(C)n1)C1C/C=C\CCC[C@@]2(C)C[C@](C)(C(=O)[C@H](C)[C@H]2C)[C@@H](O)CC(=O)O1. The summed E-state index contributed by atoms with van der Waals surface area (Å²) in [4.78, 5) is 30.7. The molecule has 0 radical (unpaired) electrons. The van der Waals surface area contributed by atoms with Crippen molar-refractivity contribution in [2.45, 2.75) is 92.3 Å². The summed E-state index contributed by atoms with van der Waals surface area (Å²) in [6, 6.07) is 0. The smallest absolute Gasteiger partial charge is 0.309 e. The molecule has 33 heavy (non-hydrogen) atoms. The Hall–Kier alpha value is -1.79. The number of hydrogen-bond acceptors (Lipinski definition) is 6. The van der Waals surface area contributed by atoms with Crippen molar-refractivity contribution in [1.29, 1.82) is 0 Å². The van der Waals surface area contributed by atoms with Gasteiger partial charge >= 0.3 is 5.97 Å². The molecule has 6 heteroatoms. The molecule has 6 atom stereocenters. The summed E-state index contributed by atoms with van der Waals surface area (Å²) in [5.41, 5.74) is 0.767. The molecule has 2 bridgehead atoms. The molecule has 1 N–H and O–H groups in total. The molecule has 1 unspecified atom stereocenters. The molecule has 1 aliphatic carbocycles.